The second-order valence-electron chi connectivity index (χ2n) is 4.08. The molecule has 0 fully saturated rings. The van der Waals surface area contributed by atoms with E-state index in [-0.39, 0.29) is 5.56 Å². The molecule has 3 nitrogen and oxygen atoms in total. The number of carbonyl (C=O) groups is 1. The number of carboxylic acids is 1. The first-order chi connectivity index (χ1) is 8.97. The van der Waals surface area contributed by atoms with Crippen LogP contribution in [0.15, 0.2) is 36.4 Å². The number of aryl methyl sites for hydroxylation is 1. The van der Waals surface area contributed by atoms with Crippen molar-refractivity contribution in [2.75, 3.05) is 5.32 Å². The lowest BCUT2D eigenvalue weighted by atomic mass is 10.1. The smallest absolute Gasteiger partial charge is 0.335 e. The average Bonchev–Trinajstić information content (AvgIpc) is 2.32. The molecule has 0 bridgehead atoms. The summed E-state index contributed by atoms with van der Waals surface area (Å²) in [6, 6.07) is 10.2. The Morgan fingerprint density at radius 3 is 2.47 bits per heavy atom. The minimum atomic E-state index is -0.937. The van der Waals surface area contributed by atoms with E-state index in [1.165, 1.54) is 0 Å². The fourth-order valence-corrected chi connectivity index (χ4v) is 2.18. The van der Waals surface area contributed by atoms with Crippen molar-refractivity contribution in [3.63, 3.8) is 0 Å². The van der Waals surface area contributed by atoms with Crippen LogP contribution in [0.5, 0.6) is 0 Å². The summed E-state index contributed by atoms with van der Waals surface area (Å²) in [5, 5.41) is 13.2. The minimum absolute atomic E-state index is 0.285. The molecular weight excluding hydrogens is 285 g/mol. The summed E-state index contributed by atoms with van der Waals surface area (Å²) in [5.74, 6) is -0.937. The molecule has 19 heavy (non-hydrogen) atoms. The Hall–Kier alpha value is -1.71. The average molecular weight is 296 g/mol. The Morgan fingerprint density at radius 1 is 1.16 bits per heavy atom. The van der Waals surface area contributed by atoms with E-state index in [0.717, 1.165) is 5.69 Å². The second-order valence-corrected chi connectivity index (χ2v) is 4.93. The van der Waals surface area contributed by atoms with Crippen LogP contribution in [-0.4, -0.2) is 11.1 Å². The highest BCUT2D eigenvalue weighted by Gasteiger charge is 2.08. The molecule has 0 amide bonds. The van der Waals surface area contributed by atoms with E-state index in [9.17, 15) is 4.79 Å². The van der Waals surface area contributed by atoms with Crippen LogP contribution in [0.4, 0.5) is 11.4 Å². The molecule has 2 aromatic rings. The fourth-order valence-electron chi connectivity index (χ4n) is 1.73. The Morgan fingerprint density at radius 2 is 1.89 bits per heavy atom. The molecule has 0 aliphatic heterocycles. The first kappa shape index (κ1) is 13.7. The zero-order chi connectivity index (χ0) is 14.0. The molecule has 0 saturated carbocycles. The standard InChI is InChI=1S/C14H11Cl2NO2/c1-8-6-10(3-4-11(8)14(18)19)17-13-5-2-9(15)7-12(13)16/h2-7,17H,1H3,(H,18,19). The molecule has 0 atom stereocenters. The molecule has 98 valence electrons. The number of halogens is 2. The summed E-state index contributed by atoms with van der Waals surface area (Å²) < 4.78 is 0. The van der Waals surface area contributed by atoms with Crippen LogP contribution in [0.3, 0.4) is 0 Å². The third-order valence-corrected chi connectivity index (χ3v) is 3.21. The molecule has 0 aliphatic carbocycles. The Bertz CT molecular complexity index is 641. The van der Waals surface area contributed by atoms with Crippen LogP contribution in [0.1, 0.15) is 15.9 Å². The summed E-state index contributed by atoms with van der Waals surface area (Å²) in [6.45, 7) is 1.75. The van der Waals surface area contributed by atoms with E-state index >= 15 is 0 Å². The topological polar surface area (TPSA) is 49.3 Å². The van der Waals surface area contributed by atoms with Crippen molar-refractivity contribution in [1.82, 2.24) is 0 Å². The van der Waals surface area contributed by atoms with Crippen LogP contribution in [0.25, 0.3) is 0 Å². The number of benzene rings is 2. The number of aromatic carboxylic acids is 1. The first-order valence-corrected chi connectivity index (χ1v) is 6.29. The number of rotatable bonds is 3. The predicted molar refractivity (Wildman–Crippen MR) is 77.9 cm³/mol. The predicted octanol–water partition coefficient (Wildman–Crippen LogP) is 4.74. The summed E-state index contributed by atoms with van der Waals surface area (Å²) >= 11 is 11.9. The zero-order valence-electron chi connectivity index (χ0n) is 10.1. The molecule has 2 N–H and O–H groups in total. The van der Waals surface area contributed by atoms with Crippen molar-refractivity contribution in [3.8, 4) is 0 Å². The van der Waals surface area contributed by atoms with E-state index in [1.54, 1.807) is 43.3 Å². The highest BCUT2D eigenvalue weighted by atomic mass is 35.5. The largest absolute Gasteiger partial charge is 0.478 e. The van der Waals surface area contributed by atoms with Gasteiger partial charge in [0.25, 0.3) is 0 Å². The zero-order valence-corrected chi connectivity index (χ0v) is 11.6. The number of hydrogen-bond acceptors (Lipinski definition) is 2. The van der Waals surface area contributed by atoms with Gasteiger partial charge in [0.2, 0.25) is 0 Å². The maximum atomic E-state index is 10.9. The van der Waals surface area contributed by atoms with Crippen LogP contribution < -0.4 is 5.32 Å². The summed E-state index contributed by atoms with van der Waals surface area (Å²) in [5.41, 5.74) is 2.45. The van der Waals surface area contributed by atoms with Gasteiger partial charge in [0, 0.05) is 10.7 Å². The molecule has 0 aromatic heterocycles. The highest BCUT2D eigenvalue weighted by Crippen LogP contribution is 2.28. The normalized spacial score (nSPS) is 10.3. The maximum Gasteiger partial charge on any atom is 0.335 e. The molecule has 5 heteroatoms. The Kier molecular flexibility index (Phi) is 3.98. The van der Waals surface area contributed by atoms with Crippen molar-refractivity contribution in [3.05, 3.63) is 57.6 Å². The number of hydrogen-bond donors (Lipinski definition) is 2. The van der Waals surface area contributed by atoms with Gasteiger partial charge in [-0.1, -0.05) is 23.2 Å². The SMILES string of the molecule is Cc1cc(Nc2ccc(Cl)cc2Cl)ccc1C(=O)O. The van der Waals surface area contributed by atoms with Crippen LogP contribution in [0, 0.1) is 6.92 Å². The van der Waals surface area contributed by atoms with Crippen molar-refractivity contribution in [2.24, 2.45) is 0 Å². The summed E-state index contributed by atoms with van der Waals surface area (Å²) in [4.78, 5) is 10.9. The second kappa shape index (κ2) is 5.51. The van der Waals surface area contributed by atoms with Crippen molar-refractivity contribution in [1.29, 1.82) is 0 Å². The van der Waals surface area contributed by atoms with Gasteiger partial charge >= 0.3 is 5.97 Å². The van der Waals surface area contributed by atoms with Crippen molar-refractivity contribution in [2.45, 2.75) is 6.92 Å². The first-order valence-electron chi connectivity index (χ1n) is 5.53. The van der Waals surface area contributed by atoms with Gasteiger partial charge in [-0.25, -0.2) is 4.79 Å². The molecule has 2 rings (SSSR count). The lowest BCUT2D eigenvalue weighted by Gasteiger charge is -2.10. The highest BCUT2D eigenvalue weighted by molar-refractivity contribution is 6.36. The van der Waals surface area contributed by atoms with Gasteiger partial charge in [-0.3, -0.25) is 0 Å². The van der Waals surface area contributed by atoms with Gasteiger partial charge in [0.05, 0.1) is 16.3 Å². The molecule has 0 heterocycles. The molecule has 0 spiro atoms. The van der Waals surface area contributed by atoms with Gasteiger partial charge in [-0.2, -0.15) is 0 Å². The number of anilines is 2. The van der Waals surface area contributed by atoms with E-state index in [4.69, 9.17) is 28.3 Å². The number of carboxylic acid groups (broad SMARTS) is 1. The Balaban J connectivity index is 2.29. The maximum absolute atomic E-state index is 10.9. The third kappa shape index (κ3) is 3.19. The van der Waals surface area contributed by atoms with Gasteiger partial charge in [-0.05, 0) is 48.9 Å². The van der Waals surface area contributed by atoms with Gasteiger partial charge in [0.1, 0.15) is 0 Å². The molecule has 0 aliphatic rings. The van der Waals surface area contributed by atoms with Crippen LogP contribution in [-0.2, 0) is 0 Å². The van der Waals surface area contributed by atoms with Crippen LogP contribution >= 0.6 is 23.2 Å². The Labute approximate surface area is 120 Å². The minimum Gasteiger partial charge on any atom is -0.478 e. The van der Waals surface area contributed by atoms with Gasteiger partial charge < -0.3 is 10.4 Å². The molecule has 0 radical (unpaired) electrons. The van der Waals surface area contributed by atoms with E-state index in [2.05, 4.69) is 5.32 Å². The quantitative estimate of drug-likeness (QED) is 0.859. The van der Waals surface area contributed by atoms with Crippen molar-refractivity contribution >= 4 is 40.5 Å². The van der Waals surface area contributed by atoms with Crippen molar-refractivity contribution < 1.29 is 9.90 Å². The summed E-state index contributed by atoms with van der Waals surface area (Å²) in [6.07, 6.45) is 0. The molecule has 2 aromatic carbocycles. The lowest BCUT2D eigenvalue weighted by Crippen LogP contribution is -2.00. The summed E-state index contributed by atoms with van der Waals surface area (Å²) in [7, 11) is 0. The van der Waals surface area contributed by atoms with E-state index < -0.39 is 5.97 Å². The van der Waals surface area contributed by atoms with Gasteiger partial charge in [-0.15, -0.1) is 0 Å². The van der Waals surface area contributed by atoms with E-state index in [0.29, 0.717) is 21.3 Å². The third-order valence-electron chi connectivity index (χ3n) is 2.67. The monoisotopic (exact) mass is 295 g/mol. The molecular formula is C14H11Cl2NO2. The number of nitrogens with one attached hydrogen (secondary N) is 1. The molecule has 0 saturated heterocycles. The molecule has 0 unspecified atom stereocenters. The lowest BCUT2D eigenvalue weighted by molar-refractivity contribution is 0.0696. The van der Waals surface area contributed by atoms with E-state index in [1.807, 2.05) is 0 Å². The van der Waals surface area contributed by atoms with Crippen LogP contribution in [0.2, 0.25) is 10.0 Å². The fraction of sp³-hybridized carbons (Fsp3) is 0.0714. The van der Waals surface area contributed by atoms with Gasteiger partial charge in [0.15, 0.2) is 0 Å².